The van der Waals surface area contributed by atoms with Crippen molar-refractivity contribution < 1.29 is 12.8 Å². The lowest BCUT2D eigenvalue weighted by molar-refractivity contribution is 0.267. The number of anilines is 2. The Morgan fingerprint density at radius 2 is 1.94 bits per heavy atom. The van der Waals surface area contributed by atoms with Crippen molar-refractivity contribution in [3.05, 3.63) is 42.0 Å². The average molecular weight is 471 g/mol. The van der Waals surface area contributed by atoms with Crippen LogP contribution in [-0.4, -0.2) is 28.7 Å². The molecule has 2 aromatic heterocycles. The summed E-state index contributed by atoms with van der Waals surface area (Å²) in [5, 5.41) is 8.99. The molecule has 0 saturated heterocycles. The Kier molecular flexibility index (Phi) is 5.24. The van der Waals surface area contributed by atoms with E-state index in [1.165, 1.54) is 18.2 Å². The highest BCUT2D eigenvalue weighted by Crippen LogP contribution is 2.44. The largest absolute Gasteiger partial charge is 0.324 e. The molecule has 1 fully saturated rings. The fourth-order valence-corrected chi connectivity index (χ4v) is 5.99. The van der Waals surface area contributed by atoms with Gasteiger partial charge >= 0.3 is 0 Å². The van der Waals surface area contributed by atoms with E-state index in [-0.39, 0.29) is 5.54 Å². The first-order valence-corrected chi connectivity index (χ1v) is 12.8. The third-order valence-electron chi connectivity index (χ3n) is 6.66. The zero-order valence-corrected chi connectivity index (χ0v) is 19.5. The summed E-state index contributed by atoms with van der Waals surface area (Å²) in [6.45, 7) is 5.02. The fourth-order valence-electron chi connectivity index (χ4n) is 5.40. The van der Waals surface area contributed by atoms with Crippen LogP contribution in [-0.2, 0) is 22.1 Å². The number of primary sulfonamides is 1. The van der Waals surface area contributed by atoms with Gasteiger partial charge in [-0.25, -0.2) is 22.9 Å². The minimum absolute atomic E-state index is 0.170. The zero-order chi connectivity index (χ0) is 23.4. The van der Waals surface area contributed by atoms with Gasteiger partial charge in [0.05, 0.1) is 12.1 Å². The quantitative estimate of drug-likeness (QED) is 0.592. The van der Waals surface area contributed by atoms with Crippen LogP contribution in [0.15, 0.2) is 40.4 Å². The van der Waals surface area contributed by atoms with Gasteiger partial charge in [0.25, 0.3) is 0 Å². The van der Waals surface area contributed by atoms with E-state index in [0.717, 1.165) is 54.5 Å². The van der Waals surface area contributed by atoms with Gasteiger partial charge in [-0.15, -0.1) is 0 Å². The summed E-state index contributed by atoms with van der Waals surface area (Å²) in [5.74, 6) is -0.276. The van der Waals surface area contributed by atoms with Crippen LogP contribution < -0.4 is 10.5 Å². The van der Waals surface area contributed by atoms with Crippen molar-refractivity contribution in [1.29, 1.82) is 0 Å². The SMILES string of the molecule is CC(C)C1=NCc2cc3cnc(Nc4ccc(S(N)(=O)=O)c(F)c4)nc3n2C12CCCCC2. The predicted octanol–water partition coefficient (Wildman–Crippen LogP) is 4.23. The molecule has 174 valence electrons. The van der Waals surface area contributed by atoms with E-state index >= 15 is 0 Å². The maximum absolute atomic E-state index is 14.3. The first-order chi connectivity index (χ1) is 15.7. The Balaban J connectivity index is 1.57. The molecule has 0 amide bonds. The van der Waals surface area contributed by atoms with Crippen LogP contribution >= 0.6 is 0 Å². The number of hydrogen-bond donors (Lipinski definition) is 2. The number of hydrogen-bond acceptors (Lipinski definition) is 6. The Morgan fingerprint density at radius 3 is 2.61 bits per heavy atom. The Labute approximate surface area is 192 Å². The summed E-state index contributed by atoms with van der Waals surface area (Å²) in [6, 6.07) is 5.76. The molecule has 8 nitrogen and oxygen atoms in total. The molecule has 33 heavy (non-hydrogen) atoms. The molecule has 1 aromatic carbocycles. The molecule has 0 bridgehead atoms. The predicted molar refractivity (Wildman–Crippen MR) is 126 cm³/mol. The van der Waals surface area contributed by atoms with Crippen molar-refractivity contribution >= 4 is 38.4 Å². The first kappa shape index (κ1) is 22.0. The monoisotopic (exact) mass is 470 g/mol. The van der Waals surface area contributed by atoms with Crippen molar-refractivity contribution in [2.45, 2.75) is 62.9 Å². The van der Waals surface area contributed by atoms with Crippen molar-refractivity contribution in [2.75, 3.05) is 5.32 Å². The number of nitrogens with zero attached hydrogens (tertiary/aromatic N) is 4. The second kappa shape index (κ2) is 7.88. The summed E-state index contributed by atoms with van der Waals surface area (Å²) in [4.78, 5) is 13.7. The average Bonchev–Trinajstić information content (AvgIpc) is 3.12. The lowest BCUT2D eigenvalue weighted by atomic mass is 9.73. The summed E-state index contributed by atoms with van der Waals surface area (Å²) in [5.41, 5.74) is 3.37. The smallest absolute Gasteiger partial charge is 0.240 e. The molecule has 1 spiro atoms. The topological polar surface area (TPSA) is 115 Å². The van der Waals surface area contributed by atoms with Gasteiger partial charge in [0.2, 0.25) is 16.0 Å². The summed E-state index contributed by atoms with van der Waals surface area (Å²) in [6.07, 6.45) is 7.36. The molecule has 5 rings (SSSR count). The lowest BCUT2D eigenvalue weighted by Gasteiger charge is -2.44. The number of fused-ring (bicyclic) bond motifs is 4. The van der Waals surface area contributed by atoms with E-state index in [2.05, 4.69) is 34.8 Å². The molecule has 1 aliphatic heterocycles. The van der Waals surface area contributed by atoms with Crippen molar-refractivity contribution in [3.63, 3.8) is 0 Å². The van der Waals surface area contributed by atoms with E-state index in [0.29, 0.717) is 24.1 Å². The highest BCUT2D eigenvalue weighted by molar-refractivity contribution is 7.89. The minimum atomic E-state index is -4.13. The summed E-state index contributed by atoms with van der Waals surface area (Å²) >= 11 is 0. The number of sulfonamides is 1. The highest BCUT2D eigenvalue weighted by Gasteiger charge is 2.44. The number of aromatic nitrogens is 3. The number of rotatable bonds is 4. The first-order valence-electron chi connectivity index (χ1n) is 11.2. The van der Waals surface area contributed by atoms with Crippen molar-refractivity contribution in [3.8, 4) is 0 Å². The molecule has 0 unspecified atom stereocenters. The molecule has 1 aliphatic carbocycles. The van der Waals surface area contributed by atoms with Crippen LogP contribution in [0, 0.1) is 11.7 Å². The molecule has 0 atom stereocenters. The molecule has 2 aliphatic rings. The number of aliphatic imine (C=N–C) groups is 1. The lowest BCUT2D eigenvalue weighted by Crippen LogP contribution is -2.48. The van der Waals surface area contributed by atoms with Gasteiger partial charge in [-0.1, -0.05) is 33.1 Å². The van der Waals surface area contributed by atoms with Crippen LogP contribution in [0.4, 0.5) is 16.0 Å². The van der Waals surface area contributed by atoms with Crippen molar-refractivity contribution in [1.82, 2.24) is 14.5 Å². The van der Waals surface area contributed by atoms with Gasteiger partial charge in [-0.2, -0.15) is 4.98 Å². The maximum Gasteiger partial charge on any atom is 0.240 e. The molecule has 3 heterocycles. The van der Waals surface area contributed by atoms with E-state index < -0.39 is 20.7 Å². The van der Waals surface area contributed by atoms with Crippen molar-refractivity contribution in [2.24, 2.45) is 16.0 Å². The van der Waals surface area contributed by atoms with Gasteiger partial charge < -0.3 is 9.88 Å². The number of halogens is 1. The molecular formula is C23H27FN6O2S. The van der Waals surface area contributed by atoms with Crippen LogP contribution in [0.5, 0.6) is 0 Å². The molecule has 3 N–H and O–H groups in total. The van der Waals surface area contributed by atoms with Gasteiger partial charge in [-0.3, -0.25) is 4.99 Å². The fraction of sp³-hybridized carbons (Fsp3) is 0.435. The standard InChI is InChI=1S/C23H27FN6O2S/c1-14(2)20-23(8-4-3-5-9-23)30-17(13-26-20)10-15-12-27-22(29-21(15)30)28-16-6-7-19(18(24)11-16)33(25,31)32/h6-7,10-12,14H,3-5,8-9,13H2,1-2H3,(H2,25,31,32)(H,27,28,29). The van der Waals surface area contributed by atoms with Crippen LogP contribution in [0.1, 0.15) is 51.6 Å². The Morgan fingerprint density at radius 1 is 1.18 bits per heavy atom. The van der Waals surface area contributed by atoms with E-state index in [1.54, 1.807) is 6.20 Å². The molecule has 1 saturated carbocycles. The van der Waals surface area contributed by atoms with E-state index in [4.69, 9.17) is 15.1 Å². The molecule has 3 aromatic rings. The normalized spacial score (nSPS) is 17.9. The van der Waals surface area contributed by atoms with Gasteiger partial charge in [0, 0.05) is 28.7 Å². The molecule has 10 heteroatoms. The number of nitrogens with two attached hydrogens (primary N) is 1. The number of nitrogens with one attached hydrogen (secondary N) is 1. The van der Waals surface area contributed by atoms with Gasteiger partial charge in [0.1, 0.15) is 16.4 Å². The highest BCUT2D eigenvalue weighted by atomic mass is 32.2. The molecular weight excluding hydrogens is 443 g/mol. The second-order valence-corrected chi connectivity index (χ2v) is 10.7. The minimum Gasteiger partial charge on any atom is -0.324 e. The third-order valence-corrected chi connectivity index (χ3v) is 7.60. The zero-order valence-electron chi connectivity index (χ0n) is 18.7. The van der Waals surface area contributed by atoms with Gasteiger partial charge in [0.15, 0.2) is 0 Å². The van der Waals surface area contributed by atoms with E-state index in [1.807, 2.05) is 0 Å². The summed E-state index contributed by atoms with van der Waals surface area (Å²) in [7, 11) is -4.13. The Hall–Kier alpha value is -2.85. The summed E-state index contributed by atoms with van der Waals surface area (Å²) < 4.78 is 39.6. The number of benzene rings is 1. The second-order valence-electron chi connectivity index (χ2n) is 9.21. The van der Waals surface area contributed by atoms with Crippen LogP contribution in [0.2, 0.25) is 0 Å². The van der Waals surface area contributed by atoms with Crippen LogP contribution in [0.25, 0.3) is 11.0 Å². The Bertz CT molecular complexity index is 1370. The van der Waals surface area contributed by atoms with Gasteiger partial charge in [-0.05, 0) is 43.0 Å². The molecule has 0 radical (unpaired) electrons. The van der Waals surface area contributed by atoms with E-state index in [9.17, 15) is 12.8 Å². The third kappa shape index (κ3) is 3.71. The maximum atomic E-state index is 14.3. The van der Waals surface area contributed by atoms with Crippen LogP contribution in [0.3, 0.4) is 0 Å².